The molecule has 0 saturated carbocycles. The summed E-state index contributed by atoms with van der Waals surface area (Å²) in [6, 6.07) is 1.49. The van der Waals surface area contributed by atoms with E-state index >= 15 is 0 Å². The Labute approximate surface area is 114 Å². The molecule has 1 rings (SSSR count). The molecular weight excluding hydrogens is 242 g/mol. The first-order valence-electron chi connectivity index (χ1n) is 6.76. The van der Waals surface area contributed by atoms with E-state index in [9.17, 15) is 4.79 Å². The molecule has 1 unspecified atom stereocenters. The summed E-state index contributed by atoms with van der Waals surface area (Å²) >= 11 is 0. The van der Waals surface area contributed by atoms with Crippen LogP contribution in [0.5, 0.6) is 0 Å². The number of nitrogens with zero attached hydrogens (tertiary/aromatic N) is 2. The van der Waals surface area contributed by atoms with Crippen molar-refractivity contribution in [1.29, 1.82) is 0 Å². The highest BCUT2D eigenvalue weighted by Gasteiger charge is 2.13. The van der Waals surface area contributed by atoms with Gasteiger partial charge in [0.2, 0.25) is 5.91 Å². The summed E-state index contributed by atoms with van der Waals surface area (Å²) < 4.78 is 0. The average Bonchev–Trinajstić information content (AvgIpc) is 2.39. The van der Waals surface area contributed by atoms with Crippen LogP contribution in [-0.2, 0) is 11.2 Å². The Bertz CT molecular complexity index is 421. The molecule has 0 fully saturated rings. The van der Waals surface area contributed by atoms with Gasteiger partial charge < -0.3 is 16.0 Å². The van der Waals surface area contributed by atoms with E-state index in [0.29, 0.717) is 12.4 Å². The van der Waals surface area contributed by atoms with Gasteiger partial charge in [0, 0.05) is 25.6 Å². The normalized spacial score (nSPS) is 11.8. The summed E-state index contributed by atoms with van der Waals surface area (Å²) in [6.07, 6.45) is 0.753. The lowest BCUT2D eigenvalue weighted by atomic mass is 10.3. The summed E-state index contributed by atoms with van der Waals surface area (Å²) in [5.74, 6) is 2.16. The van der Waals surface area contributed by atoms with Crippen LogP contribution in [0.15, 0.2) is 6.07 Å². The Balaban J connectivity index is 2.81. The van der Waals surface area contributed by atoms with Gasteiger partial charge in [0.15, 0.2) is 0 Å². The second kappa shape index (κ2) is 7.56. The van der Waals surface area contributed by atoms with Crippen LogP contribution in [0.3, 0.4) is 0 Å². The molecule has 1 atom stereocenters. The van der Waals surface area contributed by atoms with Gasteiger partial charge in [0.05, 0.1) is 0 Å². The predicted molar refractivity (Wildman–Crippen MR) is 77.3 cm³/mol. The van der Waals surface area contributed by atoms with Crippen molar-refractivity contribution in [2.24, 2.45) is 0 Å². The number of hydrogen-bond donors (Lipinski definition) is 3. The highest BCUT2D eigenvalue weighted by molar-refractivity contribution is 5.83. The molecule has 0 aliphatic heterocycles. The second-order valence-corrected chi connectivity index (χ2v) is 4.20. The predicted octanol–water partition coefficient (Wildman–Crippen LogP) is 1.41. The highest BCUT2D eigenvalue weighted by atomic mass is 16.2. The van der Waals surface area contributed by atoms with Gasteiger partial charge in [0.1, 0.15) is 23.5 Å². The summed E-state index contributed by atoms with van der Waals surface area (Å²) in [7, 11) is 0. The van der Waals surface area contributed by atoms with Crippen LogP contribution in [0.25, 0.3) is 0 Å². The second-order valence-electron chi connectivity index (χ2n) is 4.20. The summed E-state index contributed by atoms with van der Waals surface area (Å²) in [4.78, 5) is 20.4. The maximum atomic E-state index is 11.7. The number of nitrogens with one attached hydrogen (secondary N) is 3. The third-order valence-electron chi connectivity index (χ3n) is 2.56. The molecule has 0 radical (unpaired) electrons. The van der Waals surface area contributed by atoms with Gasteiger partial charge in [-0.3, -0.25) is 4.79 Å². The molecule has 1 aromatic rings. The first-order chi connectivity index (χ1) is 9.10. The van der Waals surface area contributed by atoms with Crippen molar-refractivity contribution in [1.82, 2.24) is 15.3 Å². The van der Waals surface area contributed by atoms with Crippen LogP contribution in [0.1, 0.15) is 33.5 Å². The number of rotatable bonds is 7. The van der Waals surface area contributed by atoms with Crippen molar-refractivity contribution in [3.05, 3.63) is 11.9 Å². The van der Waals surface area contributed by atoms with Crippen molar-refractivity contribution in [3.8, 4) is 0 Å². The maximum absolute atomic E-state index is 11.7. The van der Waals surface area contributed by atoms with Crippen molar-refractivity contribution in [3.63, 3.8) is 0 Å². The maximum Gasteiger partial charge on any atom is 0.242 e. The Morgan fingerprint density at radius 3 is 2.47 bits per heavy atom. The van der Waals surface area contributed by atoms with Crippen molar-refractivity contribution >= 4 is 17.5 Å². The lowest BCUT2D eigenvalue weighted by Crippen LogP contribution is -2.37. The number of aromatic nitrogens is 2. The molecule has 6 nitrogen and oxygen atoms in total. The van der Waals surface area contributed by atoms with E-state index in [2.05, 4.69) is 25.9 Å². The molecule has 106 valence electrons. The quantitative estimate of drug-likeness (QED) is 0.694. The Kier molecular flexibility index (Phi) is 6.05. The average molecular weight is 265 g/mol. The minimum absolute atomic E-state index is 0.0378. The van der Waals surface area contributed by atoms with Crippen LogP contribution in [-0.4, -0.2) is 35.0 Å². The lowest BCUT2D eigenvalue weighted by molar-refractivity contribution is -0.121. The topological polar surface area (TPSA) is 78.9 Å². The molecule has 3 N–H and O–H groups in total. The number of hydrogen-bond acceptors (Lipinski definition) is 5. The molecule has 0 spiro atoms. The third-order valence-corrected chi connectivity index (χ3v) is 2.56. The van der Waals surface area contributed by atoms with E-state index in [0.717, 1.165) is 24.6 Å². The number of likely N-dealkylation sites (N-methyl/N-ethyl adjacent to an activating group) is 1. The van der Waals surface area contributed by atoms with Gasteiger partial charge in [-0.2, -0.15) is 0 Å². The Morgan fingerprint density at radius 2 is 1.89 bits per heavy atom. The van der Waals surface area contributed by atoms with Gasteiger partial charge in [-0.05, 0) is 20.8 Å². The molecule has 6 heteroatoms. The zero-order valence-electron chi connectivity index (χ0n) is 12.1. The van der Waals surface area contributed by atoms with Crippen molar-refractivity contribution < 1.29 is 4.79 Å². The largest absolute Gasteiger partial charge is 0.370 e. The first-order valence-corrected chi connectivity index (χ1v) is 6.76. The fraction of sp³-hybridized carbons (Fsp3) is 0.615. The van der Waals surface area contributed by atoms with Gasteiger partial charge in [-0.1, -0.05) is 6.92 Å². The zero-order chi connectivity index (χ0) is 14.3. The van der Waals surface area contributed by atoms with Crippen LogP contribution in [0.4, 0.5) is 11.6 Å². The minimum atomic E-state index is -0.325. The number of anilines is 2. The Hall–Kier alpha value is -1.85. The summed E-state index contributed by atoms with van der Waals surface area (Å²) in [6.45, 7) is 9.14. The molecule has 0 bridgehead atoms. The van der Waals surface area contributed by atoms with E-state index < -0.39 is 0 Å². The molecule has 0 aliphatic rings. The Morgan fingerprint density at radius 1 is 1.21 bits per heavy atom. The van der Waals surface area contributed by atoms with Crippen LogP contribution in [0.2, 0.25) is 0 Å². The summed E-state index contributed by atoms with van der Waals surface area (Å²) in [5.41, 5.74) is 0. The first kappa shape index (κ1) is 15.2. The molecule has 0 saturated heterocycles. The third kappa shape index (κ3) is 4.73. The van der Waals surface area contributed by atoms with Gasteiger partial charge in [-0.25, -0.2) is 9.97 Å². The van der Waals surface area contributed by atoms with E-state index in [1.54, 1.807) is 0 Å². The van der Waals surface area contributed by atoms with Crippen molar-refractivity contribution in [2.45, 2.75) is 40.2 Å². The smallest absolute Gasteiger partial charge is 0.242 e. The number of carbonyl (C=O) groups excluding carboxylic acids is 1. The van der Waals surface area contributed by atoms with Gasteiger partial charge in [0.25, 0.3) is 0 Å². The highest BCUT2D eigenvalue weighted by Crippen LogP contribution is 2.12. The zero-order valence-corrected chi connectivity index (χ0v) is 12.1. The van der Waals surface area contributed by atoms with Gasteiger partial charge >= 0.3 is 0 Å². The van der Waals surface area contributed by atoms with Crippen molar-refractivity contribution in [2.75, 3.05) is 23.7 Å². The monoisotopic (exact) mass is 265 g/mol. The minimum Gasteiger partial charge on any atom is -0.370 e. The molecule has 1 heterocycles. The standard InChI is InChI=1S/C13H23N5O/c1-5-10-17-11(14-6-2)8-12(18-10)16-9(4)13(19)15-7-3/h8-9H,5-7H2,1-4H3,(H,15,19)(H2,14,16,17,18). The van der Waals surface area contributed by atoms with E-state index in [4.69, 9.17) is 0 Å². The number of aryl methyl sites for hydroxylation is 1. The molecule has 0 aliphatic carbocycles. The number of carbonyl (C=O) groups is 1. The SMILES string of the molecule is CCNC(=O)C(C)Nc1cc(NCC)nc(CC)n1. The number of amides is 1. The van der Waals surface area contributed by atoms with E-state index in [1.165, 1.54) is 0 Å². The molecule has 1 amide bonds. The molecule has 19 heavy (non-hydrogen) atoms. The fourth-order valence-corrected chi connectivity index (χ4v) is 1.62. The molecule has 1 aromatic heterocycles. The fourth-order valence-electron chi connectivity index (χ4n) is 1.62. The molecular formula is C13H23N5O. The van der Waals surface area contributed by atoms with Crippen LogP contribution >= 0.6 is 0 Å². The van der Waals surface area contributed by atoms with Crippen LogP contribution in [0, 0.1) is 0 Å². The van der Waals surface area contributed by atoms with E-state index in [-0.39, 0.29) is 11.9 Å². The van der Waals surface area contributed by atoms with Gasteiger partial charge in [-0.15, -0.1) is 0 Å². The van der Waals surface area contributed by atoms with E-state index in [1.807, 2.05) is 33.8 Å². The molecule has 0 aromatic carbocycles. The van der Waals surface area contributed by atoms with Crippen LogP contribution < -0.4 is 16.0 Å². The summed E-state index contributed by atoms with van der Waals surface area (Å²) in [5, 5.41) is 9.03. The lowest BCUT2D eigenvalue weighted by Gasteiger charge is -2.15.